The average Bonchev–Trinajstić information content (AvgIpc) is 2.34. The number of rotatable bonds is 7. The molecule has 0 atom stereocenters. The maximum atomic E-state index is 9.07. The summed E-state index contributed by atoms with van der Waals surface area (Å²) in [6, 6.07) is 6.02. The third-order valence-electron chi connectivity index (χ3n) is 2.52. The first kappa shape index (κ1) is 14.4. The minimum absolute atomic E-state index is 0.120. The Morgan fingerprint density at radius 1 is 1.41 bits per heavy atom. The Hall–Kier alpha value is -0.620. The number of nitrogens with zero attached hydrogens (tertiary/aromatic N) is 1. The van der Waals surface area contributed by atoms with Crippen LogP contribution in [0.25, 0.3) is 0 Å². The third-order valence-corrected chi connectivity index (χ3v) is 3.16. The summed E-state index contributed by atoms with van der Waals surface area (Å²) in [4.78, 5) is 2.08. The molecule has 0 aliphatic heterocycles. The summed E-state index contributed by atoms with van der Waals surface area (Å²) in [5.41, 5.74) is 7.72. The van der Waals surface area contributed by atoms with Crippen LogP contribution in [0.3, 0.4) is 0 Å². The van der Waals surface area contributed by atoms with Gasteiger partial charge in [-0.3, -0.25) is 0 Å². The van der Waals surface area contributed by atoms with Gasteiger partial charge in [-0.05, 0) is 33.6 Å². The summed E-state index contributed by atoms with van der Waals surface area (Å²) in [7, 11) is 1.67. The van der Waals surface area contributed by atoms with E-state index in [2.05, 4.69) is 20.8 Å². The Morgan fingerprint density at radius 2 is 2.18 bits per heavy atom. The SMILES string of the molecule is COCCN(CCO)c1ccc(CN)cc1Br. The van der Waals surface area contributed by atoms with E-state index >= 15 is 0 Å². The second kappa shape index (κ2) is 7.66. The number of nitrogens with two attached hydrogens (primary N) is 1. The highest BCUT2D eigenvalue weighted by Crippen LogP contribution is 2.27. The van der Waals surface area contributed by atoms with Crippen molar-refractivity contribution in [2.24, 2.45) is 5.73 Å². The molecule has 0 heterocycles. The Bertz CT molecular complexity index is 347. The zero-order chi connectivity index (χ0) is 12.7. The summed E-state index contributed by atoms with van der Waals surface area (Å²) in [6.07, 6.45) is 0. The van der Waals surface area contributed by atoms with Crippen LogP contribution in [0.4, 0.5) is 5.69 Å². The summed E-state index contributed by atoms with van der Waals surface area (Å²) in [6.45, 7) is 2.61. The van der Waals surface area contributed by atoms with E-state index in [-0.39, 0.29) is 6.61 Å². The van der Waals surface area contributed by atoms with Crippen molar-refractivity contribution >= 4 is 21.6 Å². The molecule has 3 N–H and O–H groups in total. The predicted octanol–water partition coefficient (Wildman–Crippen LogP) is 1.35. The number of benzene rings is 1. The molecule has 5 heteroatoms. The van der Waals surface area contributed by atoms with Gasteiger partial charge >= 0.3 is 0 Å². The lowest BCUT2D eigenvalue weighted by Crippen LogP contribution is -2.30. The summed E-state index contributed by atoms with van der Waals surface area (Å²) < 4.78 is 6.06. The molecule has 0 radical (unpaired) electrons. The lowest BCUT2D eigenvalue weighted by molar-refractivity contribution is 0.203. The van der Waals surface area contributed by atoms with Crippen LogP contribution in [0.15, 0.2) is 22.7 Å². The molecule has 17 heavy (non-hydrogen) atoms. The molecule has 0 saturated heterocycles. The second-order valence-corrected chi connectivity index (χ2v) is 4.55. The lowest BCUT2D eigenvalue weighted by atomic mass is 10.2. The van der Waals surface area contributed by atoms with Crippen molar-refractivity contribution in [1.29, 1.82) is 0 Å². The van der Waals surface area contributed by atoms with Crippen molar-refractivity contribution in [3.63, 3.8) is 0 Å². The van der Waals surface area contributed by atoms with E-state index in [0.29, 0.717) is 19.7 Å². The number of ether oxygens (including phenoxy) is 1. The molecule has 0 saturated carbocycles. The third kappa shape index (κ3) is 4.27. The maximum Gasteiger partial charge on any atom is 0.0637 e. The van der Waals surface area contributed by atoms with E-state index in [4.69, 9.17) is 15.6 Å². The molecule has 0 bridgehead atoms. The summed E-state index contributed by atoms with van der Waals surface area (Å²) in [5, 5.41) is 9.07. The molecule has 0 amide bonds. The zero-order valence-corrected chi connectivity index (χ0v) is 11.6. The van der Waals surface area contributed by atoms with Gasteiger partial charge in [-0.1, -0.05) is 6.07 Å². The summed E-state index contributed by atoms with van der Waals surface area (Å²) >= 11 is 3.53. The normalized spacial score (nSPS) is 10.6. The molecule has 0 unspecified atom stereocenters. The zero-order valence-electron chi connectivity index (χ0n) is 10.0. The highest BCUT2D eigenvalue weighted by atomic mass is 79.9. The van der Waals surface area contributed by atoms with Crippen LogP contribution in [0.1, 0.15) is 5.56 Å². The molecule has 1 rings (SSSR count). The van der Waals surface area contributed by atoms with Crippen LogP contribution in [0.5, 0.6) is 0 Å². The molecule has 4 nitrogen and oxygen atoms in total. The van der Waals surface area contributed by atoms with Crippen LogP contribution in [-0.4, -0.2) is 38.5 Å². The fraction of sp³-hybridized carbons (Fsp3) is 0.500. The van der Waals surface area contributed by atoms with Crippen LogP contribution >= 0.6 is 15.9 Å². The van der Waals surface area contributed by atoms with Gasteiger partial charge in [-0.25, -0.2) is 0 Å². The van der Waals surface area contributed by atoms with Crippen LogP contribution in [-0.2, 0) is 11.3 Å². The van der Waals surface area contributed by atoms with Crippen LogP contribution in [0.2, 0.25) is 0 Å². The lowest BCUT2D eigenvalue weighted by Gasteiger charge is -2.25. The molecular formula is C12H19BrN2O2. The molecule has 1 aromatic rings. The number of aliphatic hydroxyl groups is 1. The Balaban J connectivity index is 2.85. The monoisotopic (exact) mass is 302 g/mol. The van der Waals surface area contributed by atoms with Gasteiger partial charge < -0.3 is 20.5 Å². The number of hydrogen-bond donors (Lipinski definition) is 2. The average molecular weight is 303 g/mol. The van der Waals surface area contributed by atoms with Gasteiger partial charge in [0.2, 0.25) is 0 Å². The van der Waals surface area contributed by atoms with E-state index in [9.17, 15) is 0 Å². The van der Waals surface area contributed by atoms with Crippen molar-refractivity contribution in [2.45, 2.75) is 6.54 Å². The van der Waals surface area contributed by atoms with Gasteiger partial charge in [-0.15, -0.1) is 0 Å². The summed E-state index contributed by atoms with van der Waals surface area (Å²) in [5.74, 6) is 0. The van der Waals surface area contributed by atoms with E-state index in [1.54, 1.807) is 7.11 Å². The van der Waals surface area contributed by atoms with Gasteiger partial charge in [-0.2, -0.15) is 0 Å². The first-order valence-corrected chi connectivity index (χ1v) is 6.35. The smallest absolute Gasteiger partial charge is 0.0637 e. The van der Waals surface area contributed by atoms with Gasteiger partial charge in [0.25, 0.3) is 0 Å². The standard InChI is InChI=1S/C12H19BrN2O2/c1-17-7-5-15(4-6-16)12-3-2-10(9-14)8-11(12)13/h2-3,8,16H,4-7,9,14H2,1H3. The molecule has 0 aromatic heterocycles. The molecule has 0 fully saturated rings. The second-order valence-electron chi connectivity index (χ2n) is 3.69. The van der Waals surface area contributed by atoms with Gasteiger partial charge in [0.1, 0.15) is 0 Å². The fourth-order valence-electron chi connectivity index (χ4n) is 1.61. The van der Waals surface area contributed by atoms with Crippen LogP contribution in [0, 0.1) is 0 Å². The highest BCUT2D eigenvalue weighted by molar-refractivity contribution is 9.10. The highest BCUT2D eigenvalue weighted by Gasteiger charge is 2.09. The quantitative estimate of drug-likeness (QED) is 0.798. The Labute approximate surface area is 110 Å². The largest absolute Gasteiger partial charge is 0.395 e. The molecule has 1 aromatic carbocycles. The predicted molar refractivity (Wildman–Crippen MR) is 73.2 cm³/mol. The number of aliphatic hydroxyl groups excluding tert-OH is 1. The fourth-order valence-corrected chi connectivity index (χ4v) is 2.29. The van der Waals surface area contributed by atoms with Gasteiger partial charge in [0, 0.05) is 31.2 Å². The number of methoxy groups -OCH3 is 1. The molecule has 0 aliphatic rings. The van der Waals surface area contributed by atoms with E-state index < -0.39 is 0 Å². The van der Waals surface area contributed by atoms with Crippen molar-refractivity contribution in [1.82, 2.24) is 0 Å². The van der Waals surface area contributed by atoms with E-state index in [1.807, 2.05) is 18.2 Å². The number of halogens is 1. The maximum absolute atomic E-state index is 9.07. The Kier molecular flexibility index (Phi) is 6.50. The number of anilines is 1. The number of hydrogen-bond acceptors (Lipinski definition) is 4. The Morgan fingerprint density at radius 3 is 2.71 bits per heavy atom. The van der Waals surface area contributed by atoms with E-state index in [0.717, 1.165) is 22.3 Å². The minimum Gasteiger partial charge on any atom is -0.395 e. The van der Waals surface area contributed by atoms with Gasteiger partial charge in [0.05, 0.1) is 18.9 Å². The van der Waals surface area contributed by atoms with Gasteiger partial charge in [0.15, 0.2) is 0 Å². The molecule has 96 valence electrons. The molecule has 0 aliphatic carbocycles. The minimum atomic E-state index is 0.120. The van der Waals surface area contributed by atoms with Crippen molar-refractivity contribution in [3.8, 4) is 0 Å². The van der Waals surface area contributed by atoms with Crippen molar-refractivity contribution in [3.05, 3.63) is 28.2 Å². The van der Waals surface area contributed by atoms with Crippen LogP contribution < -0.4 is 10.6 Å². The first-order valence-electron chi connectivity index (χ1n) is 5.56. The first-order chi connectivity index (χ1) is 8.22. The molecular weight excluding hydrogens is 284 g/mol. The van der Waals surface area contributed by atoms with Crippen molar-refractivity contribution < 1.29 is 9.84 Å². The molecule has 0 spiro atoms. The van der Waals surface area contributed by atoms with E-state index in [1.165, 1.54) is 0 Å². The van der Waals surface area contributed by atoms with Crippen molar-refractivity contribution in [2.75, 3.05) is 38.3 Å². The topological polar surface area (TPSA) is 58.7 Å².